The quantitative estimate of drug-likeness (QED) is 0.0199. The van der Waals surface area contributed by atoms with Gasteiger partial charge in [-0.1, -0.05) is 353 Å². The van der Waals surface area contributed by atoms with Gasteiger partial charge in [0, 0.05) is 6.42 Å². The number of hydrogen-bond acceptors (Lipinski definition) is 18. The Labute approximate surface area is 607 Å². The van der Waals surface area contributed by atoms with Crippen LogP contribution in [-0.2, 0) is 33.2 Å². The highest BCUT2D eigenvalue weighted by Crippen LogP contribution is 2.33. The normalized spacial score (nSPS) is 26.4. The third kappa shape index (κ3) is 42.2. The Morgan fingerprint density at radius 3 is 0.940 bits per heavy atom. The van der Waals surface area contributed by atoms with Gasteiger partial charge in [0.05, 0.1) is 38.6 Å². The van der Waals surface area contributed by atoms with Crippen LogP contribution in [0.4, 0.5) is 0 Å². The molecule has 0 aromatic carbocycles. The summed E-state index contributed by atoms with van der Waals surface area (Å²) in [5.41, 5.74) is 0. The first-order valence-corrected chi connectivity index (χ1v) is 41.9. The summed E-state index contributed by atoms with van der Waals surface area (Å²) < 4.78 is 34.5. The maximum absolute atomic E-state index is 13.5. The molecule has 3 heterocycles. The van der Waals surface area contributed by atoms with Crippen LogP contribution in [0.25, 0.3) is 0 Å². The summed E-state index contributed by atoms with van der Waals surface area (Å²) in [5, 5.41) is 121. The fourth-order valence-corrected chi connectivity index (χ4v) is 14.6. The zero-order valence-electron chi connectivity index (χ0n) is 63.5. The van der Waals surface area contributed by atoms with Gasteiger partial charge in [0.2, 0.25) is 5.91 Å². The molecule has 0 aromatic rings. The SMILES string of the molecule is CCCCCCCCCCCCCCCCCCCCCCCCCCCCCCC/C=C/C(O)C(COC1OC(CO)C(OC2OC(CO)C(OC3OC(CO)C(O)C(O)C3O)C(O)C2O)C(O)C1O)NC(=O)CCCCCCCCCCCCCCCCCCCCCCCCCC. The minimum Gasteiger partial charge on any atom is -0.394 e. The van der Waals surface area contributed by atoms with E-state index >= 15 is 0 Å². The number of amides is 1. The lowest BCUT2D eigenvalue weighted by Gasteiger charge is -2.48. The van der Waals surface area contributed by atoms with E-state index in [0.717, 1.165) is 44.9 Å². The van der Waals surface area contributed by atoms with Crippen LogP contribution >= 0.6 is 0 Å². The summed E-state index contributed by atoms with van der Waals surface area (Å²) in [6, 6.07) is -0.970. The minimum absolute atomic E-state index is 0.250. The van der Waals surface area contributed by atoms with E-state index in [1.807, 2.05) is 6.08 Å². The first-order valence-electron chi connectivity index (χ1n) is 41.9. The zero-order valence-corrected chi connectivity index (χ0v) is 63.5. The van der Waals surface area contributed by atoms with Crippen LogP contribution in [0, 0.1) is 0 Å². The first-order chi connectivity index (χ1) is 48.8. The van der Waals surface area contributed by atoms with Crippen molar-refractivity contribution in [2.24, 2.45) is 0 Å². The largest absolute Gasteiger partial charge is 0.394 e. The Balaban J connectivity index is 1.36. The van der Waals surface area contributed by atoms with Gasteiger partial charge < -0.3 is 89.9 Å². The number of carbonyl (C=O) groups is 1. The highest BCUT2D eigenvalue weighted by molar-refractivity contribution is 5.76. The molecule has 3 rings (SSSR count). The van der Waals surface area contributed by atoms with Crippen molar-refractivity contribution in [2.75, 3.05) is 26.4 Å². The van der Waals surface area contributed by atoms with Crippen LogP contribution in [0.15, 0.2) is 12.2 Å². The molecule has 592 valence electrons. The van der Waals surface area contributed by atoms with Crippen molar-refractivity contribution in [3.8, 4) is 0 Å². The standard InChI is InChI=1S/C81H155NO18/c1-3-5-7-9-11-13-15-17-19-21-23-25-27-29-30-31-32-33-34-35-36-38-40-42-44-46-48-50-52-54-56-58-65(86)64(82-69(87)59-57-55-53-51-49-47-45-43-41-39-37-28-26-24-22-20-18-16-14-12-10-8-6-4-2)63-95-79-75(93)72(90)77(67(61-84)97-79)100-81-76(94)73(91)78(68(62-85)98-81)99-80-74(92)71(89)70(88)66(60-83)96-80/h56,58,64-68,70-81,83-86,88-94H,3-55,57,59-63H2,1-2H3,(H,82,87)/b58-56+. The summed E-state index contributed by atoms with van der Waals surface area (Å²) in [4.78, 5) is 13.5. The second-order valence-corrected chi connectivity index (χ2v) is 30.3. The lowest BCUT2D eigenvalue weighted by atomic mass is 9.96. The Morgan fingerprint density at radius 2 is 0.620 bits per heavy atom. The summed E-state index contributed by atoms with van der Waals surface area (Å²) in [6.45, 7) is 1.81. The summed E-state index contributed by atoms with van der Waals surface area (Å²) in [7, 11) is 0. The van der Waals surface area contributed by atoms with Gasteiger partial charge in [-0.05, 0) is 19.3 Å². The van der Waals surface area contributed by atoms with Gasteiger partial charge in [-0.2, -0.15) is 0 Å². The lowest BCUT2D eigenvalue weighted by Crippen LogP contribution is -2.66. The molecule has 12 N–H and O–H groups in total. The third-order valence-corrected chi connectivity index (χ3v) is 21.3. The van der Waals surface area contributed by atoms with E-state index in [0.29, 0.717) is 6.42 Å². The van der Waals surface area contributed by atoms with Gasteiger partial charge in [-0.25, -0.2) is 0 Å². The Hall–Kier alpha value is -1.47. The molecule has 0 aromatic heterocycles. The van der Waals surface area contributed by atoms with Gasteiger partial charge in [0.1, 0.15) is 73.2 Å². The number of aliphatic hydroxyl groups excluding tert-OH is 11. The topological polar surface area (TPSA) is 307 Å². The molecule has 3 aliphatic rings. The van der Waals surface area contributed by atoms with E-state index in [1.54, 1.807) is 6.08 Å². The van der Waals surface area contributed by atoms with Crippen LogP contribution in [0.1, 0.15) is 367 Å². The number of aliphatic hydroxyl groups is 11. The number of rotatable bonds is 68. The molecule has 3 fully saturated rings. The fourth-order valence-electron chi connectivity index (χ4n) is 14.6. The maximum Gasteiger partial charge on any atom is 0.220 e. The van der Waals surface area contributed by atoms with E-state index in [4.69, 9.17) is 28.4 Å². The molecule has 3 aliphatic heterocycles. The molecule has 0 spiro atoms. The van der Waals surface area contributed by atoms with Crippen molar-refractivity contribution in [1.29, 1.82) is 0 Å². The average Bonchev–Trinajstić information content (AvgIpc) is 0.782. The first kappa shape index (κ1) is 92.7. The predicted octanol–water partition coefficient (Wildman–Crippen LogP) is 14.3. The monoisotopic (exact) mass is 1430 g/mol. The van der Waals surface area contributed by atoms with Crippen molar-refractivity contribution in [3.05, 3.63) is 12.2 Å². The number of hydrogen-bond donors (Lipinski definition) is 12. The molecule has 0 bridgehead atoms. The van der Waals surface area contributed by atoms with Crippen LogP contribution < -0.4 is 5.32 Å². The van der Waals surface area contributed by atoms with E-state index < -0.39 is 124 Å². The number of allylic oxidation sites excluding steroid dienone is 1. The Morgan fingerprint density at radius 1 is 0.350 bits per heavy atom. The molecule has 0 saturated carbocycles. The third-order valence-electron chi connectivity index (χ3n) is 21.3. The van der Waals surface area contributed by atoms with Crippen molar-refractivity contribution >= 4 is 5.91 Å². The Kier molecular flexibility index (Phi) is 58.0. The van der Waals surface area contributed by atoms with Gasteiger partial charge in [-0.15, -0.1) is 0 Å². The fraction of sp³-hybridized carbons (Fsp3) is 0.963. The van der Waals surface area contributed by atoms with E-state index in [-0.39, 0.29) is 18.9 Å². The minimum atomic E-state index is -1.98. The van der Waals surface area contributed by atoms with Crippen molar-refractivity contribution in [3.63, 3.8) is 0 Å². The number of carbonyl (C=O) groups excluding carboxylic acids is 1. The summed E-state index contributed by atoms with van der Waals surface area (Å²) in [6.07, 6.45) is 47.8. The second-order valence-electron chi connectivity index (χ2n) is 30.3. The van der Waals surface area contributed by atoms with Gasteiger partial charge in [0.15, 0.2) is 18.9 Å². The van der Waals surface area contributed by atoms with Crippen molar-refractivity contribution < 1.29 is 89.4 Å². The Bertz CT molecular complexity index is 1850. The average molecular weight is 1430 g/mol. The molecule has 17 atom stereocenters. The number of unbranched alkanes of at least 4 members (excludes halogenated alkanes) is 52. The van der Waals surface area contributed by atoms with Gasteiger partial charge in [0.25, 0.3) is 0 Å². The van der Waals surface area contributed by atoms with Crippen molar-refractivity contribution in [2.45, 2.75) is 471 Å². The molecular formula is C81H155NO18. The molecule has 3 saturated heterocycles. The molecule has 19 nitrogen and oxygen atoms in total. The predicted molar refractivity (Wildman–Crippen MR) is 397 cm³/mol. The molecular weight excluding hydrogens is 1270 g/mol. The molecule has 17 unspecified atom stereocenters. The highest BCUT2D eigenvalue weighted by atomic mass is 16.8. The molecule has 0 aliphatic carbocycles. The number of nitrogens with one attached hydrogen (secondary N) is 1. The van der Waals surface area contributed by atoms with Crippen LogP contribution in [0.2, 0.25) is 0 Å². The summed E-state index contributed by atoms with van der Waals surface area (Å²) in [5.74, 6) is -0.266. The van der Waals surface area contributed by atoms with E-state index in [9.17, 15) is 61.0 Å². The lowest BCUT2D eigenvalue weighted by molar-refractivity contribution is -0.379. The number of ether oxygens (including phenoxy) is 6. The zero-order chi connectivity index (χ0) is 72.5. The summed E-state index contributed by atoms with van der Waals surface area (Å²) >= 11 is 0. The molecule has 100 heavy (non-hydrogen) atoms. The highest BCUT2D eigenvalue weighted by Gasteiger charge is 2.54. The molecule has 0 radical (unpaired) electrons. The second kappa shape index (κ2) is 62.6. The molecule has 19 heteroatoms. The van der Waals surface area contributed by atoms with Gasteiger partial charge in [-0.3, -0.25) is 4.79 Å². The maximum atomic E-state index is 13.5. The van der Waals surface area contributed by atoms with Crippen molar-refractivity contribution in [1.82, 2.24) is 5.32 Å². The molecule has 1 amide bonds. The van der Waals surface area contributed by atoms with E-state index in [1.165, 1.54) is 295 Å². The van der Waals surface area contributed by atoms with E-state index in [2.05, 4.69) is 19.2 Å². The van der Waals surface area contributed by atoms with Crippen LogP contribution in [0.5, 0.6) is 0 Å². The van der Waals surface area contributed by atoms with Gasteiger partial charge >= 0.3 is 0 Å². The van der Waals surface area contributed by atoms with Crippen LogP contribution in [0.3, 0.4) is 0 Å². The van der Waals surface area contributed by atoms with Crippen LogP contribution in [-0.4, -0.2) is 193 Å². The smallest absolute Gasteiger partial charge is 0.220 e.